The van der Waals surface area contributed by atoms with Crippen LogP contribution in [0.2, 0.25) is 0 Å². The number of rotatable bonds is 9. The zero-order chi connectivity index (χ0) is 24.0. The quantitative estimate of drug-likeness (QED) is 0.579. The first-order chi connectivity index (χ1) is 15.8. The van der Waals surface area contributed by atoms with Crippen LogP contribution in [0.3, 0.4) is 0 Å². The molecule has 1 aliphatic rings. The Kier molecular flexibility index (Phi) is 8.16. The molecule has 1 heterocycles. The van der Waals surface area contributed by atoms with Gasteiger partial charge < -0.3 is 14.4 Å². The molecule has 2 aromatic rings. The fourth-order valence-electron chi connectivity index (χ4n) is 3.71. The first-order valence-corrected chi connectivity index (χ1v) is 10.9. The molecule has 2 amide bonds. The monoisotopic (exact) mass is 455 g/mol. The van der Waals surface area contributed by atoms with E-state index in [1.165, 1.54) is 22.0 Å². The first kappa shape index (κ1) is 24.4. The zero-order valence-corrected chi connectivity index (χ0v) is 19.5. The van der Waals surface area contributed by atoms with Crippen molar-refractivity contribution >= 4 is 17.5 Å². The van der Waals surface area contributed by atoms with Gasteiger partial charge in [-0.25, -0.2) is 9.40 Å². The van der Waals surface area contributed by atoms with Gasteiger partial charge in [-0.3, -0.25) is 9.59 Å². The number of carbonyl (C=O) groups is 2. The van der Waals surface area contributed by atoms with Gasteiger partial charge in [0, 0.05) is 26.0 Å². The van der Waals surface area contributed by atoms with Crippen molar-refractivity contribution in [2.45, 2.75) is 26.3 Å². The van der Waals surface area contributed by atoms with Gasteiger partial charge in [0.05, 0.1) is 25.5 Å². The molecule has 3 rings (SSSR count). The molecule has 0 spiro atoms. The van der Waals surface area contributed by atoms with Gasteiger partial charge in [-0.1, -0.05) is 38.1 Å². The molecule has 1 aliphatic heterocycles. The van der Waals surface area contributed by atoms with Crippen LogP contribution in [0.25, 0.3) is 0 Å². The number of amides is 2. The summed E-state index contributed by atoms with van der Waals surface area (Å²) >= 11 is 0. The van der Waals surface area contributed by atoms with Gasteiger partial charge in [0.15, 0.2) is 0 Å². The van der Waals surface area contributed by atoms with E-state index in [9.17, 15) is 14.0 Å². The molecule has 7 nitrogen and oxygen atoms in total. The summed E-state index contributed by atoms with van der Waals surface area (Å²) in [6.45, 7) is 4.14. The van der Waals surface area contributed by atoms with Crippen molar-refractivity contribution in [2.75, 3.05) is 33.9 Å². The van der Waals surface area contributed by atoms with E-state index in [-0.39, 0.29) is 36.1 Å². The molecule has 0 aromatic heterocycles. The molecule has 0 saturated heterocycles. The number of hydrazone groups is 1. The number of ether oxygens (including phenoxy) is 2. The summed E-state index contributed by atoms with van der Waals surface area (Å²) < 4.78 is 23.8. The van der Waals surface area contributed by atoms with Crippen molar-refractivity contribution in [3.8, 4) is 5.75 Å². The Balaban J connectivity index is 1.90. The molecular formula is C25H30FN3O4. The van der Waals surface area contributed by atoms with Crippen LogP contribution in [0.15, 0.2) is 53.6 Å². The van der Waals surface area contributed by atoms with Gasteiger partial charge in [-0.15, -0.1) is 0 Å². The number of hydrogen-bond donors (Lipinski definition) is 0. The number of hydrogen-bond acceptors (Lipinski definition) is 5. The van der Waals surface area contributed by atoms with Gasteiger partial charge in [0.1, 0.15) is 18.1 Å². The fraction of sp³-hybridized carbons (Fsp3) is 0.400. The highest BCUT2D eigenvalue weighted by Gasteiger charge is 2.34. The molecule has 0 unspecified atom stereocenters. The Labute approximate surface area is 193 Å². The van der Waals surface area contributed by atoms with Gasteiger partial charge >= 0.3 is 0 Å². The molecule has 33 heavy (non-hydrogen) atoms. The highest BCUT2D eigenvalue weighted by molar-refractivity contribution is 6.03. The third kappa shape index (κ3) is 5.96. The van der Waals surface area contributed by atoms with E-state index in [0.717, 1.165) is 11.1 Å². The highest BCUT2D eigenvalue weighted by atomic mass is 19.1. The van der Waals surface area contributed by atoms with E-state index in [0.29, 0.717) is 31.0 Å². The summed E-state index contributed by atoms with van der Waals surface area (Å²) in [5.41, 5.74) is 2.33. The van der Waals surface area contributed by atoms with Crippen LogP contribution in [-0.2, 0) is 14.3 Å². The molecule has 2 aromatic carbocycles. The normalized spacial score (nSPS) is 15.5. The van der Waals surface area contributed by atoms with Crippen LogP contribution in [0.4, 0.5) is 4.39 Å². The van der Waals surface area contributed by atoms with Crippen molar-refractivity contribution in [1.82, 2.24) is 9.91 Å². The number of halogens is 1. The molecule has 176 valence electrons. The zero-order valence-electron chi connectivity index (χ0n) is 19.5. The molecular weight excluding hydrogens is 425 g/mol. The van der Waals surface area contributed by atoms with Crippen LogP contribution in [0.5, 0.6) is 5.75 Å². The van der Waals surface area contributed by atoms with Crippen molar-refractivity contribution in [3.63, 3.8) is 0 Å². The summed E-state index contributed by atoms with van der Waals surface area (Å²) in [6.07, 6.45) is 0.472. The van der Waals surface area contributed by atoms with Crippen LogP contribution < -0.4 is 4.74 Å². The Morgan fingerprint density at radius 3 is 2.36 bits per heavy atom. The van der Waals surface area contributed by atoms with E-state index in [4.69, 9.17) is 9.47 Å². The van der Waals surface area contributed by atoms with Crippen LogP contribution in [-0.4, -0.2) is 61.4 Å². The lowest BCUT2D eigenvalue weighted by molar-refractivity contribution is -0.143. The number of nitrogens with zero attached hydrogens (tertiary/aromatic N) is 3. The second-order valence-electron chi connectivity index (χ2n) is 8.19. The summed E-state index contributed by atoms with van der Waals surface area (Å²) in [7, 11) is 3.15. The average Bonchev–Trinajstić information content (AvgIpc) is 3.27. The van der Waals surface area contributed by atoms with Crippen LogP contribution in [0, 0.1) is 11.7 Å². The number of carbonyl (C=O) groups excluding carboxylic acids is 2. The molecule has 0 bridgehead atoms. The second kappa shape index (κ2) is 11.0. The third-order valence-electron chi connectivity index (χ3n) is 5.54. The molecule has 0 aliphatic carbocycles. The minimum absolute atomic E-state index is 0.104. The van der Waals surface area contributed by atoms with E-state index >= 15 is 0 Å². The van der Waals surface area contributed by atoms with Gasteiger partial charge in [0.25, 0.3) is 5.91 Å². The maximum atomic E-state index is 13.4. The number of benzene rings is 2. The minimum atomic E-state index is -0.345. The Hall–Kier alpha value is -3.26. The molecule has 0 fully saturated rings. The summed E-state index contributed by atoms with van der Waals surface area (Å²) in [6, 6.07) is 13.2. The standard InChI is InChI=1S/C25H30FN3O4/c1-17(2)25(31)28(13-14-32-3)16-24(30)29-23(19-7-11-21(33-4)12-8-19)15-22(27-29)18-5-9-20(26)10-6-18/h5-12,17,23H,13-16H2,1-4H3/t23-/m1/s1. The largest absolute Gasteiger partial charge is 0.497 e. The minimum Gasteiger partial charge on any atom is -0.497 e. The Bertz CT molecular complexity index is 990. The van der Waals surface area contributed by atoms with Crippen molar-refractivity contribution in [2.24, 2.45) is 11.0 Å². The summed E-state index contributed by atoms with van der Waals surface area (Å²) in [4.78, 5) is 27.5. The lowest BCUT2D eigenvalue weighted by atomic mass is 9.98. The van der Waals surface area contributed by atoms with Crippen molar-refractivity contribution in [1.29, 1.82) is 0 Å². The van der Waals surface area contributed by atoms with Gasteiger partial charge in [-0.2, -0.15) is 5.10 Å². The predicted molar refractivity (Wildman–Crippen MR) is 123 cm³/mol. The number of methoxy groups -OCH3 is 2. The summed E-state index contributed by atoms with van der Waals surface area (Å²) in [5.74, 6) is -0.286. The lowest BCUT2D eigenvalue weighted by Crippen LogP contribution is -2.44. The Morgan fingerprint density at radius 1 is 1.12 bits per heavy atom. The third-order valence-corrected chi connectivity index (χ3v) is 5.54. The second-order valence-corrected chi connectivity index (χ2v) is 8.19. The lowest BCUT2D eigenvalue weighted by Gasteiger charge is -2.28. The van der Waals surface area contributed by atoms with Crippen LogP contribution in [0.1, 0.15) is 37.4 Å². The topological polar surface area (TPSA) is 71.4 Å². The SMILES string of the molecule is COCCN(CC(=O)N1N=C(c2ccc(F)cc2)C[C@@H]1c1ccc(OC)cc1)C(=O)C(C)C. The average molecular weight is 456 g/mol. The van der Waals surface area contributed by atoms with Crippen molar-refractivity contribution < 1.29 is 23.5 Å². The molecule has 1 atom stereocenters. The first-order valence-electron chi connectivity index (χ1n) is 10.9. The van der Waals surface area contributed by atoms with Gasteiger partial charge in [0.2, 0.25) is 5.91 Å². The molecule has 0 N–H and O–H groups in total. The maximum absolute atomic E-state index is 13.4. The fourth-order valence-corrected chi connectivity index (χ4v) is 3.71. The van der Waals surface area contributed by atoms with E-state index in [2.05, 4.69) is 5.10 Å². The highest BCUT2D eigenvalue weighted by Crippen LogP contribution is 2.33. The smallest absolute Gasteiger partial charge is 0.262 e. The molecule has 8 heteroatoms. The Morgan fingerprint density at radius 2 is 1.79 bits per heavy atom. The summed E-state index contributed by atoms with van der Waals surface area (Å²) in [5, 5.41) is 6.04. The molecule has 0 radical (unpaired) electrons. The van der Waals surface area contributed by atoms with E-state index in [1.807, 2.05) is 24.3 Å². The van der Waals surface area contributed by atoms with E-state index < -0.39 is 0 Å². The molecule has 0 saturated carbocycles. The van der Waals surface area contributed by atoms with Crippen molar-refractivity contribution in [3.05, 3.63) is 65.5 Å². The maximum Gasteiger partial charge on any atom is 0.262 e. The predicted octanol–water partition coefficient (Wildman–Crippen LogP) is 3.64. The van der Waals surface area contributed by atoms with Gasteiger partial charge in [-0.05, 0) is 35.4 Å². The van der Waals surface area contributed by atoms with Crippen LogP contribution >= 0.6 is 0 Å². The van der Waals surface area contributed by atoms with E-state index in [1.54, 1.807) is 40.2 Å².